The Morgan fingerprint density at radius 3 is 2.67 bits per heavy atom. The van der Waals surface area contributed by atoms with Crippen LogP contribution in [0.3, 0.4) is 0 Å². The average Bonchev–Trinajstić information content (AvgIpc) is 2.67. The van der Waals surface area contributed by atoms with Gasteiger partial charge in [-0.3, -0.25) is 4.79 Å². The van der Waals surface area contributed by atoms with Crippen molar-refractivity contribution >= 4 is 22.6 Å². The van der Waals surface area contributed by atoms with Crippen LogP contribution in [-0.2, 0) is 11.2 Å². The van der Waals surface area contributed by atoms with Crippen molar-refractivity contribution in [2.45, 2.75) is 33.6 Å². The number of hydrogen-bond acceptors (Lipinski definition) is 2. The molecule has 0 aliphatic heterocycles. The molecule has 0 aliphatic rings. The van der Waals surface area contributed by atoms with E-state index in [9.17, 15) is 4.79 Å². The molecule has 0 saturated heterocycles. The van der Waals surface area contributed by atoms with Crippen molar-refractivity contribution in [3.05, 3.63) is 29.5 Å². The molecule has 1 heterocycles. The number of rotatable bonds is 3. The standard InChI is InChI=1S/C12H14N2O2.C2H6/c1-7-8(5-6-11(15)16)9-3-2-4-10(13)12(9)14-7;1-2/h2-4,14H,5-6,13H2,1H3,(H,15,16);1-2H3. The Labute approximate surface area is 107 Å². The minimum atomic E-state index is -0.780. The summed E-state index contributed by atoms with van der Waals surface area (Å²) in [5.41, 5.74) is 9.49. The fourth-order valence-corrected chi connectivity index (χ4v) is 1.98. The molecule has 4 heteroatoms. The van der Waals surface area contributed by atoms with Crippen LogP contribution in [0, 0.1) is 6.92 Å². The second kappa shape index (κ2) is 6.10. The van der Waals surface area contributed by atoms with Crippen LogP contribution in [0.5, 0.6) is 0 Å². The molecule has 4 nitrogen and oxygen atoms in total. The molecule has 0 fully saturated rings. The lowest BCUT2D eigenvalue weighted by Crippen LogP contribution is -1.98. The van der Waals surface area contributed by atoms with E-state index >= 15 is 0 Å². The number of aryl methyl sites for hydroxylation is 2. The minimum absolute atomic E-state index is 0.141. The highest BCUT2D eigenvalue weighted by Gasteiger charge is 2.10. The largest absolute Gasteiger partial charge is 0.481 e. The third kappa shape index (κ3) is 2.83. The zero-order valence-electron chi connectivity index (χ0n) is 11.1. The molecule has 0 amide bonds. The molecule has 0 unspecified atom stereocenters. The summed E-state index contributed by atoms with van der Waals surface area (Å²) in [5, 5.41) is 9.72. The third-order valence-corrected chi connectivity index (χ3v) is 2.78. The average molecular weight is 248 g/mol. The number of aromatic nitrogens is 1. The van der Waals surface area contributed by atoms with E-state index in [1.165, 1.54) is 0 Å². The van der Waals surface area contributed by atoms with Crippen LogP contribution < -0.4 is 5.73 Å². The van der Waals surface area contributed by atoms with Crippen molar-refractivity contribution in [1.29, 1.82) is 0 Å². The van der Waals surface area contributed by atoms with Gasteiger partial charge in [-0.25, -0.2) is 0 Å². The van der Waals surface area contributed by atoms with Crippen LogP contribution in [-0.4, -0.2) is 16.1 Å². The van der Waals surface area contributed by atoms with Crippen molar-refractivity contribution in [2.24, 2.45) is 0 Å². The minimum Gasteiger partial charge on any atom is -0.481 e. The first kappa shape index (κ1) is 14.1. The van der Waals surface area contributed by atoms with Crippen molar-refractivity contribution in [3.8, 4) is 0 Å². The number of carbonyl (C=O) groups is 1. The molecule has 2 rings (SSSR count). The third-order valence-electron chi connectivity index (χ3n) is 2.78. The normalized spacial score (nSPS) is 9.94. The molecule has 0 saturated carbocycles. The number of carboxylic acids is 1. The number of para-hydroxylation sites is 1. The van der Waals surface area contributed by atoms with Gasteiger partial charge in [-0.1, -0.05) is 26.0 Å². The topological polar surface area (TPSA) is 79.1 Å². The highest BCUT2D eigenvalue weighted by molar-refractivity contribution is 5.93. The summed E-state index contributed by atoms with van der Waals surface area (Å²) in [6.45, 7) is 5.94. The summed E-state index contributed by atoms with van der Waals surface area (Å²) < 4.78 is 0. The molecule has 0 aliphatic carbocycles. The highest BCUT2D eigenvalue weighted by atomic mass is 16.4. The zero-order chi connectivity index (χ0) is 13.7. The molecule has 1 aromatic carbocycles. The summed E-state index contributed by atoms with van der Waals surface area (Å²) in [6.07, 6.45) is 0.674. The lowest BCUT2D eigenvalue weighted by Gasteiger charge is -1.99. The van der Waals surface area contributed by atoms with Gasteiger partial charge >= 0.3 is 5.97 Å². The molecule has 0 spiro atoms. The van der Waals surface area contributed by atoms with Crippen LogP contribution in [0.2, 0.25) is 0 Å². The Hall–Kier alpha value is -1.97. The van der Waals surface area contributed by atoms with Gasteiger partial charge < -0.3 is 15.8 Å². The first-order valence-electron chi connectivity index (χ1n) is 6.17. The van der Waals surface area contributed by atoms with E-state index in [4.69, 9.17) is 10.8 Å². The van der Waals surface area contributed by atoms with Crippen LogP contribution in [0.15, 0.2) is 18.2 Å². The monoisotopic (exact) mass is 248 g/mol. The van der Waals surface area contributed by atoms with Gasteiger partial charge in [-0.05, 0) is 25.0 Å². The molecule has 0 radical (unpaired) electrons. The molecule has 98 valence electrons. The number of fused-ring (bicyclic) bond motifs is 1. The number of aliphatic carboxylic acids is 1. The predicted octanol–water partition coefficient (Wildman–Crippen LogP) is 3.10. The van der Waals surface area contributed by atoms with E-state index in [2.05, 4.69) is 4.98 Å². The second-order valence-electron chi connectivity index (χ2n) is 3.89. The Kier molecular flexibility index (Phi) is 4.77. The summed E-state index contributed by atoms with van der Waals surface area (Å²) in [6, 6.07) is 5.68. The van der Waals surface area contributed by atoms with E-state index < -0.39 is 5.97 Å². The number of carboxylic acid groups (broad SMARTS) is 1. The van der Waals surface area contributed by atoms with E-state index in [0.29, 0.717) is 12.1 Å². The van der Waals surface area contributed by atoms with Gasteiger partial charge in [0, 0.05) is 17.5 Å². The van der Waals surface area contributed by atoms with Gasteiger partial charge in [0.25, 0.3) is 0 Å². The highest BCUT2D eigenvalue weighted by Crippen LogP contribution is 2.27. The number of nitrogen functional groups attached to an aromatic ring is 1. The van der Waals surface area contributed by atoms with E-state index in [1.54, 1.807) is 0 Å². The lowest BCUT2D eigenvalue weighted by atomic mass is 10.1. The fraction of sp³-hybridized carbons (Fsp3) is 0.357. The van der Waals surface area contributed by atoms with Crippen molar-refractivity contribution in [2.75, 3.05) is 5.73 Å². The summed E-state index contributed by atoms with van der Waals surface area (Å²) in [5.74, 6) is -0.780. The zero-order valence-corrected chi connectivity index (χ0v) is 11.1. The van der Waals surface area contributed by atoms with Gasteiger partial charge in [-0.15, -0.1) is 0 Å². The van der Waals surface area contributed by atoms with Gasteiger partial charge in [0.1, 0.15) is 0 Å². The van der Waals surface area contributed by atoms with Gasteiger partial charge in [0.15, 0.2) is 0 Å². The predicted molar refractivity (Wildman–Crippen MR) is 74.8 cm³/mol. The van der Waals surface area contributed by atoms with Crippen LogP contribution >= 0.6 is 0 Å². The molecule has 2 aromatic rings. The van der Waals surface area contributed by atoms with Crippen molar-refractivity contribution in [3.63, 3.8) is 0 Å². The maximum absolute atomic E-state index is 10.6. The maximum Gasteiger partial charge on any atom is 0.303 e. The lowest BCUT2D eigenvalue weighted by molar-refractivity contribution is -0.136. The van der Waals surface area contributed by atoms with E-state index in [1.807, 2.05) is 39.0 Å². The van der Waals surface area contributed by atoms with Gasteiger partial charge in [-0.2, -0.15) is 0 Å². The van der Waals surface area contributed by atoms with Crippen molar-refractivity contribution < 1.29 is 9.90 Å². The first-order chi connectivity index (χ1) is 8.59. The SMILES string of the molecule is CC.Cc1[nH]c2c(N)cccc2c1CCC(=O)O. The molecular weight excluding hydrogens is 228 g/mol. The van der Waals surface area contributed by atoms with E-state index in [-0.39, 0.29) is 6.42 Å². The second-order valence-corrected chi connectivity index (χ2v) is 3.89. The first-order valence-corrected chi connectivity index (χ1v) is 6.17. The molecule has 4 N–H and O–H groups in total. The smallest absolute Gasteiger partial charge is 0.303 e. The van der Waals surface area contributed by atoms with Gasteiger partial charge in [0.2, 0.25) is 0 Å². The Balaban J connectivity index is 0.000000771. The number of anilines is 1. The Morgan fingerprint density at radius 2 is 2.06 bits per heavy atom. The number of nitrogens with one attached hydrogen (secondary N) is 1. The molecule has 1 aromatic heterocycles. The molecule has 0 bridgehead atoms. The number of benzene rings is 1. The number of H-pyrrole nitrogens is 1. The Bertz CT molecular complexity index is 544. The van der Waals surface area contributed by atoms with Gasteiger partial charge in [0.05, 0.1) is 11.2 Å². The fourth-order valence-electron chi connectivity index (χ4n) is 1.98. The van der Waals surface area contributed by atoms with Crippen molar-refractivity contribution in [1.82, 2.24) is 4.98 Å². The summed E-state index contributed by atoms with van der Waals surface area (Å²) in [7, 11) is 0. The number of hydrogen-bond donors (Lipinski definition) is 3. The Morgan fingerprint density at radius 1 is 1.39 bits per heavy atom. The van der Waals surface area contributed by atoms with Crippen LogP contribution in [0.1, 0.15) is 31.5 Å². The number of aromatic amines is 1. The van der Waals surface area contributed by atoms with Crippen LogP contribution in [0.25, 0.3) is 10.9 Å². The molecular formula is C14H20N2O2. The maximum atomic E-state index is 10.6. The summed E-state index contributed by atoms with van der Waals surface area (Å²) in [4.78, 5) is 13.8. The quantitative estimate of drug-likeness (QED) is 0.730. The summed E-state index contributed by atoms with van der Waals surface area (Å²) >= 11 is 0. The molecule has 18 heavy (non-hydrogen) atoms. The number of nitrogens with two attached hydrogens (primary N) is 1. The van der Waals surface area contributed by atoms with Crippen LogP contribution in [0.4, 0.5) is 5.69 Å². The molecule has 0 atom stereocenters. The van der Waals surface area contributed by atoms with E-state index in [0.717, 1.165) is 22.2 Å².